The van der Waals surface area contributed by atoms with Crippen LogP contribution < -0.4 is 0 Å². The number of hydrogen-bond donors (Lipinski definition) is 1. The molecular weight excluding hydrogens is 415 g/mol. The molecule has 0 aliphatic carbocycles. The van der Waals surface area contributed by atoms with Crippen molar-refractivity contribution >= 4 is 55.1 Å². The van der Waals surface area contributed by atoms with E-state index in [0.717, 1.165) is 20.1 Å². The van der Waals surface area contributed by atoms with Crippen molar-refractivity contribution < 1.29 is 5.11 Å². The molecule has 2 aromatic rings. The Morgan fingerprint density at radius 1 is 1.05 bits per heavy atom. The smallest absolute Gasteiger partial charge is 0.0841 e. The van der Waals surface area contributed by atoms with Gasteiger partial charge < -0.3 is 5.11 Å². The standard InChI is InChI=1S/C14H10Br2Cl2O/c15-9-2-1-8(13(18)6-9)5-14(19)11-4-3-10(17)7-12(11)16/h1-4,6-7,14,19H,5H2. The molecule has 1 N–H and O–H groups in total. The van der Waals surface area contributed by atoms with E-state index in [1.165, 1.54) is 0 Å². The lowest BCUT2D eigenvalue weighted by Gasteiger charge is -2.14. The SMILES string of the molecule is OC(Cc1ccc(Br)cc1Cl)c1ccc(Cl)cc1Br. The van der Waals surface area contributed by atoms with Crippen molar-refractivity contribution in [1.29, 1.82) is 0 Å². The van der Waals surface area contributed by atoms with E-state index >= 15 is 0 Å². The van der Waals surface area contributed by atoms with Crippen LogP contribution in [-0.2, 0) is 6.42 Å². The van der Waals surface area contributed by atoms with E-state index in [0.29, 0.717) is 16.5 Å². The first-order chi connectivity index (χ1) is 8.97. The Bertz CT molecular complexity index is 602. The van der Waals surface area contributed by atoms with Crippen LogP contribution in [-0.4, -0.2) is 5.11 Å². The minimum atomic E-state index is -0.634. The van der Waals surface area contributed by atoms with Crippen molar-refractivity contribution in [2.45, 2.75) is 12.5 Å². The highest BCUT2D eigenvalue weighted by molar-refractivity contribution is 9.10. The summed E-state index contributed by atoms with van der Waals surface area (Å²) in [6.07, 6.45) is -0.183. The van der Waals surface area contributed by atoms with Crippen molar-refractivity contribution in [3.05, 3.63) is 66.5 Å². The summed E-state index contributed by atoms with van der Waals surface area (Å²) < 4.78 is 1.71. The molecule has 2 aromatic carbocycles. The molecule has 100 valence electrons. The average molecular weight is 425 g/mol. The highest BCUT2D eigenvalue weighted by Crippen LogP contribution is 2.31. The molecular formula is C14H10Br2Cl2O. The van der Waals surface area contributed by atoms with E-state index in [1.807, 2.05) is 24.3 Å². The summed E-state index contributed by atoms with van der Waals surface area (Å²) in [6, 6.07) is 11.0. The lowest BCUT2D eigenvalue weighted by Crippen LogP contribution is -2.03. The normalized spacial score (nSPS) is 12.5. The third kappa shape index (κ3) is 3.96. The average Bonchev–Trinajstić information content (AvgIpc) is 2.32. The number of halogens is 4. The number of hydrogen-bond acceptors (Lipinski definition) is 1. The molecule has 0 fully saturated rings. The summed E-state index contributed by atoms with van der Waals surface area (Å²) in [4.78, 5) is 0. The molecule has 19 heavy (non-hydrogen) atoms. The zero-order valence-electron chi connectivity index (χ0n) is 9.71. The second-order valence-electron chi connectivity index (χ2n) is 4.12. The Kier molecular flexibility index (Phi) is 5.32. The van der Waals surface area contributed by atoms with Crippen molar-refractivity contribution in [3.8, 4) is 0 Å². The summed E-state index contributed by atoms with van der Waals surface area (Å²) in [6.45, 7) is 0. The van der Waals surface area contributed by atoms with Crippen molar-refractivity contribution in [1.82, 2.24) is 0 Å². The van der Waals surface area contributed by atoms with Crippen LogP contribution in [0, 0.1) is 0 Å². The third-order valence-electron chi connectivity index (χ3n) is 2.75. The Morgan fingerprint density at radius 3 is 2.42 bits per heavy atom. The fourth-order valence-electron chi connectivity index (χ4n) is 1.78. The molecule has 1 nitrogen and oxygen atoms in total. The van der Waals surface area contributed by atoms with Gasteiger partial charge in [-0.1, -0.05) is 67.2 Å². The molecule has 0 aliphatic rings. The highest BCUT2D eigenvalue weighted by atomic mass is 79.9. The quantitative estimate of drug-likeness (QED) is 0.660. The van der Waals surface area contributed by atoms with Gasteiger partial charge in [-0.25, -0.2) is 0 Å². The maximum atomic E-state index is 10.3. The Balaban J connectivity index is 2.23. The van der Waals surface area contributed by atoms with Crippen molar-refractivity contribution in [2.75, 3.05) is 0 Å². The fraction of sp³-hybridized carbons (Fsp3) is 0.143. The number of benzene rings is 2. The van der Waals surface area contributed by atoms with Crippen molar-refractivity contribution in [3.63, 3.8) is 0 Å². The van der Waals surface area contributed by atoms with Gasteiger partial charge in [0.2, 0.25) is 0 Å². The molecule has 0 amide bonds. The zero-order valence-corrected chi connectivity index (χ0v) is 14.4. The van der Waals surface area contributed by atoms with E-state index in [9.17, 15) is 5.11 Å². The number of aliphatic hydroxyl groups is 1. The monoisotopic (exact) mass is 422 g/mol. The minimum Gasteiger partial charge on any atom is -0.388 e. The molecule has 0 heterocycles. The predicted octanol–water partition coefficient (Wildman–Crippen LogP) is 5.79. The van der Waals surface area contributed by atoms with Gasteiger partial charge >= 0.3 is 0 Å². The lowest BCUT2D eigenvalue weighted by atomic mass is 10.0. The Labute approximate surface area is 138 Å². The first-order valence-electron chi connectivity index (χ1n) is 5.54. The van der Waals surface area contributed by atoms with Crippen LogP contribution in [0.1, 0.15) is 17.2 Å². The van der Waals surface area contributed by atoms with Crippen molar-refractivity contribution in [2.24, 2.45) is 0 Å². The summed E-state index contributed by atoms with van der Waals surface area (Å²) >= 11 is 18.8. The summed E-state index contributed by atoms with van der Waals surface area (Å²) in [5.74, 6) is 0. The number of aliphatic hydroxyl groups excluding tert-OH is 1. The van der Waals surface area contributed by atoms with Crippen LogP contribution in [0.5, 0.6) is 0 Å². The Hall–Kier alpha value is -0.0600. The van der Waals surface area contributed by atoms with Crippen LogP contribution in [0.2, 0.25) is 10.0 Å². The summed E-state index contributed by atoms with van der Waals surface area (Å²) in [5.41, 5.74) is 1.70. The maximum Gasteiger partial charge on any atom is 0.0841 e. The molecule has 0 radical (unpaired) electrons. The second-order valence-corrected chi connectivity index (χ2v) is 6.74. The molecule has 0 aromatic heterocycles. The zero-order chi connectivity index (χ0) is 14.0. The molecule has 0 saturated carbocycles. The molecule has 0 saturated heterocycles. The van der Waals surface area contributed by atoms with Crippen LogP contribution in [0.15, 0.2) is 45.3 Å². The molecule has 5 heteroatoms. The van der Waals surface area contributed by atoms with Gasteiger partial charge in [-0.2, -0.15) is 0 Å². The van der Waals surface area contributed by atoms with Gasteiger partial charge in [-0.05, 0) is 35.4 Å². The van der Waals surface area contributed by atoms with Crippen LogP contribution >= 0.6 is 55.1 Å². The van der Waals surface area contributed by atoms with Gasteiger partial charge in [0.1, 0.15) is 0 Å². The van der Waals surface area contributed by atoms with E-state index in [1.54, 1.807) is 12.1 Å². The van der Waals surface area contributed by atoms with E-state index in [4.69, 9.17) is 23.2 Å². The van der Waals surface area contributed by atoms with Gasteiger partial charge in [0.15, 0.2) is 0 Å². The topological polar surface area (TPSA) is 20.2 Å². The second kappa shape index (κ2) is 6.59. The van der Waals surface area contributed by atoms with Gasteiger partial charge in [-0.3, -0.25) is 0 Å². The maximum absolute atomic E-state index is 10.3. The van der Waals surface area contributed by atoms with Gasteiger partial charge in [0.25, 0.3) is 0 Å². The largest absolute Gasteiger partial charge is 0.388 e. The van der Waals surface area contributed by atoms with E-state index in [-0.39, 0.29) is 0 Å². The summed E-state index contributed by atoms with van der Waals surface area (Å²) in [7, 11) is 0. The third-order valence-corrected chi connectivity index (χ3v) is 4.52. The van der Waals surface area contributed by atoms with Gasteiger partial charge in [0.05, 0.1) is 6.10 Å². The molecule has 1 unspecified atom stereocenters. The molecule has 2 rings (SSSR count). The minimum absolute atomic E-state index is 0.451. The predicted molar refractivity (Wildman–Crippen MR) is 87.0 cm³/mol. The number of rotatable bonds is 3. The van der Waals surface area contributed by atoms with E-state index in [2.05, 4.69) is 31.9 Å². The van der Waals surface area contributed by atoms with Crippen LogP contribution in [0.4, 0.5) is 0 Å². The molecule has 1 atom stereocenters. The van der Waals surface area contributed by atoms with Gasteiger partial charge in [-0.15, -0.1) is 0 Å². The Morgan fingerprint density at radius 2 is 1.79 bits per heavy atom. The highest BCUT2D eigenvalue weighted by Gasteiger charge is 2.14. The molecule has 0 spiro atoms. The molecule has 0 aliphatic heterocycles. The molecule has 0 bridgehead atoms. The lowest BCUT2D eigenvalue weighted by molar-refractivity contribution is 0.177. The van der Waals surface area contributed by atoms with Gasteiger partial charge in [0, 0.05) is 25.4 Å². The van der Waals surface area contributed by atoms with Crippen LogP contribution in [0.3, 0.4) is 0 Å². The summed E-state index contributed by atoms with van der Waals surface area (Å²) in [5, 5.41) is 11.6. The fourth-order valence-corrected chi connectivity index (χ4v) is 3.47. The van der Waals surface area contributed by atoms with E-state index < -0.39 is 6.10 Å². The first kappa shape index (κ1) is 15.3. The first-order valence-corrected chi connectivity index (χ1v) is 7.88. The van der Waals surface area contributed by atoms with Crippen LogP contribution in [0.25, 0.3) is 0 Å².